The summed E-state index contributed by atoms with van der Waals surface area (Å²) in [5.41, 5.74) is 3.49. The molecule has 0 aromatic heterocycles. The second kappa shape index (κ2) is 7.76. The fourth-order valence-electron chi connectivity index (χ4n) is 2.39. The second-order valence-corrected chi connectivity index (χ2v) is 5.81. The Bertz CT molecular complexity index is 406. The number of benzene rings is 1. The van der Waals surface area contributed by atoms with E-state index in [1.165, 1.54) is 18.4 Å². The summed E-state index contributed by atoms with van der Waals surface area (Å²) in [7, 11) is 3.84. The molecule has 0 saturated carbocycles. The number of aryl methyl sites for hydroxylation is 2. The number of unbranched alkanes of at least 4 members (excludes halogenated alkanes) is 1. The smallest absolute Gasteiger partial charge is 0.126 e. The summed E-state index contributed by atoms with van der Waals surface area (Å²) in [6.45, 7) is 8.31. The molecule has 1 aromatic carbocycles. The Hall–Kier alpha value is -0.730. The first-order valence-electron chi connectivity index (χ1n) is 6.97. The lowest BCUT2D eigenvalue weighted by atomic mass is 10.0. The quantitative estimate of drug-likeness (QED) is 0.691. The van der Waals surface area contributed by atoms with Crippen molar-refractivity contribution in [2.24, 2.45) is 0 Å². The van der Waals surface area contributed by atoms with Crippen LogP contribution in [0.25, 0.3) is 0 Å². The van der Waals surface area contributed by atoms with Crippen molar-refractivity contribution in [1.82, 2.24) is 4.90 Å². The Balaban J connectivity index is 2.83. The first kappa shape index (κ1) is 16.3. The number of ether oxygens (including phenoxy) is 1. The summed E-state index contributed by atoms with van der Waals surface area (Å²) < 4.78 is 5.51. The third-order valence-corrected chi connectivity index (χ3v) is 3.73. The van der Waals surface area contributed by atoms with Gasteiger partial charge in [0.2, 0.25) is 0 Å². The number of halogens is 1. The number of likely N-dealkylation sites (N-methyl/N-ethyl adjacent to an activating group) is 1. The van der Waals surface area contributed by atoms with Crippen LogP contribution in [-0.4, -0.2) is 32.1 Å². The Morgan fingerprint density at radius 2 is 2.00 bits per heavy atom. The van der Waals surface area contributed by atoms with E-state index in [1.54, 1.807) is 7.11 Å². The van der Waals surface area contributed by atoms with Crippen LogP contribution in [0.15, 0.2) is 12.1 Å². The molecule has 3 heteroatoms. The van der Waals surface area contributed by atoms with Crippen LogP contribution in [0.4, 0.5) is 0 Å². The molecule has 0 spiro atoms. The average Bonchev–Trinajstić information content (AvgIpc) is 2.35. The van der Waals surface area contributed by atoms with Crippen LogP contribution in [0.2, 0.25) is 0 Å². The van der Waals surface area contributed by atoms with Crippen LogP contribution < -0.4 is 4.74 Å². The number of rotatable bonds is 7. The van der Waals surface area contributed by atoms with Crippen molar-refractivity contribution in [1.29, 1.82) is 0 Å². The molecule has 108 valence electrons. The molecule has 2 nitrogen and oxygen atoms in total. The van der Waals surface area contributed by atoms with Crippen molar-refractivity contribution >= 4 is 11.6 Å². The average molecular weight is 284 g/mol. The number of hydrogen-bond donors (Lipinski definition) is 0. The zero-order valence-electron chi connectivity index (χ0n) is 12.8. The monoisotopic (exact) mass is 283 g/mol. The zero-order chi connectivity index (χ0) is 14.4. The molecule has 0 saturated heterocycles. The molecule has 0 N–H and O–H groups in total. The number of nitrogens with zero attached hydrogens (tertiary/aromatic N) is 1. The molecule has 0 bridgehead atoms. The Morgan fingerprint density at radius 1 is 1.32 bits per heavy atom. The normalized spacial score (nSPS) is 12.8. The predicted octanol–water partition coefficient (Wildman–Crippen LogP) is 4.32. The van der Waals surface area contributed by atoms with E-state index in [-0.39, 0.29) is 5.38 Å². The van der Waals surface area contributed by atoms with E-state index >= 15 is 0 Å². The fraction of sp³-hybridized carbons (Fsp3) is 0.625. The van der Waals surface area contributed by atoms with E-state index in [0.717, 1.165) is 30.0 Å². The highest BCUT2D eigenvalue weighted by atomic mass is 35.5. The van der Waals surface area contributed by atoms with E-state index in [2.05, 4.69) is 44.9 Å². The summed E-state index contributed by atoms with van der Waals surface area (Å²) in [6, 6.07) is 4.27. The number of hydrogen-bond acceptors (Lipinski definition) is 2. The molecule has 0 heterocycles. The zero-order valence-corrected chi connectivity index (χ0v) is 13.5. The largest absolute Gasteiger partial charge is 0.496 e. The molecule has 19 heavy (non-hydrogen) atoms. The molecule has 0 aliphatic carbocycles. The van der Waals surface area contributed by atoms with Crippen LogP contribution in [0.3, 0.4) is 0 Å². The van der Waals surface area contributed by atoms with Crippen molar-refractivity contribution < 1.29 is 4.74 Å². The van der Waals surface area contributed by atoms with Gasteiger partial charge in [-0.1, -0.05) is 31.0 Å². The third-order valence-electron chi connectivity index (χ3n) is 3.35. The lowest BCUT2D eigenvalue weighted by molar-refractivity contribution is 0.324. The highest BCUT2D eigenvalue weighted by Gasteiger charge is 2.17. The van der Waals surface area contributed by atoms with Gasteiger partial charge in [0.05, 0.1) is 12.5 Å². The summed E-state index contributed by atoms with van der Waals surface area (Å²) in [4.78, 5) is 2.29. The minimum Gasteiger partial charge on any atom is -0.496 e. The van der Waals surface area contributed by atoms with Gasteiger partial charge in [-0.25, -0.2) is 0 Å². The maximum atomic E-state index is 6.59. The molecule has 1 aromatic rings. The SMILES string of the molecule is CCCCN(C)CC(Cl)c1cc(C)cc(C)c1OC. The van der Waals surface area contributed by atoms with Crippen LogP contribution in [0, 0.1) is 13.8 Å². The molecular formula is C16H26ClNO. The first-order valence-corrected chi connectivity index (χ1v) is 7.41. The Labute approximate surface area is 122 Å². The predicted molar refractivity (Wildman–Crippen MR) is 83.5 cm³/mol. The van der Waals surface area contributed by atoms with Gasteiger partial charge in [0.25, 0.3) is 0 Å². The Morgan fingerprint density at radius 3 is 2.58 bits per heavy atom. The van der Waals surface area contributed by atoms with Gasteiger partial charge in [-0.2, -0.15) is 0 Å². The lowest BCUT2D eigenvalue weighted by Gasteiger charge is -2.22. The molecule has 0 radical (unpaired) electrons. The fourth-order valence-corrected chi connectivity index (χ4v) is 2.79. The second-order valence-electron chi connectivity index (χ2n) is 5.29. The maximum absolute atomic E-state index is 6.59. The van der Waals surface area contributed by atoms with Crippen molar-refractivity contribution in [2.75, 3.05) is 27.2 Å². The van der Waals surface area contributed by atoms with Crippen molar-refractivity contribution in [3.05, 3.63) is 28.8 Å². The summed E-state index contributed by atoms with van der Waals surface area (Å²) in [6.07, 6.45) is 2.42. The van der Waals surface area contributed by atoms with Crippen LogP contribution >= 0.6 is 11.6 Å². The topological polar surface area (TPSA) is 12.5 Å². The molecule has 1 atom stereocenters. The molecular weight excluding hydrogens is 258 g/mol. The number of methoxy groups -OCH3 is 1. The molecule has 0 aliphatic heterocycles. The molecule has 0 amide bonds. The van der Waals surface area contributed by atoms with E-state index in [0.29, 0.717) is 0 Å². The van der Waals surface area contributed by atoms with Gasteiger partial charge in [-0.3, -0.25) is 0 Å². The summed E-state index contributed by atoms with van der Waals surface area (Å²) in [5.74, 6) is 0.925. The van der Waals surface area contributed by atoms with Crippen molar-refractivity contribution in [2.45, 2.75) is 39.0 Å². The van der Waals surface area contributed by atoms with Crippen LogP contribution in [0.1, 0.15) is 41.8 Å². The standard InChI is InChI=1S/C16H26ClNO/c1-6-7-8-18(4)11-15(17)14-10-12(2)9-13(3)16(14)19-5/h9-10,15H,6-8,11H2,1-5H3. The summed E-state index contributed by atoms with van der Waals surface area (Å²) >= 11 is 6.59. The van der Waals surface area contributed by atoms with Gasteiger partial charge in [0.15, 0.2) is 0 Å². The lowest BCUT2D eigenvalue weighted by Crippen LogP contribution is -2.24. The van der Waals surface area contributed by atoms with E-state index in [4.69, 9.17) is 16.3 Å². The van der Waals surface area contributed by atoms with E-state index < -0.39 is 0 Å². The third kappa shape index (κ3) is 4.70. The van der Waals surface area contributed by atoms with Gasteiger partial charge in [0.1, 0.15) is 5.75 Å². The van der Waals surface area contributed by atoms with Gasteiger partial charge >= 0.3 is 0 Å². The molecule has 0 aliphatic rings. The molecule has 1 rings (SSSR count). The highest BCUT2D eigenvalue weighted by Crippen LogP contribution is 2.34. The summed E-state index contributed by atoms with van der Waals surface area (Å²) in [5, 5.41) is -0.0320. The van der Waals surface area contributed by atoms with Crippen LogP contribution in [0.5, 0.6) is 5.75 Å². The van der Waals surface area contributed by atoms with E-state index in [9.17, 15) is 0 Å². The highest BCUT2D eigenvalue weighted by molar-refractivity contribution is 6.21. The van der Waals surface area contributed by atoms with Gasteiger partial charge in [0, 0.05) is 12.1 Å². The first-order chi connectivity index (χ1) is 8.99. The number of alkyl halides is 1. The minimum absolute atomic E-state index is 0.0320. The molecule has 1 unspecified atom stereocenters. The maximum Gasteiger partial charge on any atom is 0.126 e. The van der Waals surface area contributed by atoms with Gasteiger partial charge < -0.3 is 9.64 Å². The van der Waals surface area contributed by atoms with Gasteiger partial charge in [-0.05, 0) is 39.4 Å². The van der Waals surface area contributed by atoms with Gasteiger partial charge in [-0.15, -0.1) is 11.6 Å². The van der Waals surface area contributed by atoms with E-state index in [1.807, 2.05) is 0 Å². The molecule has 0 fully saturated rings. The minimum atomic E-state index is -0.0320. The van der Waals surface area contributed by atoms with Crippen LogP contribution in [-0.2, 0) is 0 Å². The van der Waals surface area contributed by atoms with Crippen molar-refractivity contribution in [3.8, 4) is 5.75 Å². The van der Waals surface area contributed by atoms with Crippen molar-refractivity contribution in [3.63, 3.8) is 0 Å². The Kier molecular flexibility index (Phi) is 6.67.